The number of hydrogen-bond acceptors (Lipinski definition) is 2. The van der Waals surface area contributed by atoms with Crippen LogP contribution in [0.25, 0.3) is 0 Å². The lowest BCUT2D eigenvalue weighted by Gasteiger charge is -2.30. The van der Waals surface area contributed by atoms with Gasteiger partial charge >= 0.3 is 0 Å². The molecule has 3 heteroatoms. The van der Waals surface area contributed by atoms with Gasteiger partial charge in [0.15, 0.2) is 0 Å². The average Bonchev–Trinajstić information content (AvgIpc) is 2.62. The van der Waals surface area contributed by atoms with E-state index < -0.39 is 0 Å². The van der Waals surface area contributed by atoms with Crippen LogP contribution >= 0.6 is 15.9 Å². The Labute approximate surface area is 125 Å². The highest BCUT2D eigenvalue weighted by Crippen LogP contribution is 2.40. The highest BCUT2D eigenvalue weighted by atomic mass is 79.9. The van der Waals surface area contributed by atoms with Crippen LogP contribution in [0.1, 0.15) is 39.3 Å². The summed E-state index contributed by atoms with van der Waals surface area (Å²) in [6.07, 6.45) is 0.648. The van der Waals surface area contributed by atoms with E-state index in [1.54, 1.807) is 0 Å². The molecule has 106 valence electrons. The molecular formula is C16H24BrNO. The second kappa shape index (κ2) is 6.38. The average molecular weight is 326 g/mol. The first kappa shape index (κ1) is 15.0. The molecule has 1 aromatic carbocycles. The number of rotatable bonds is 4. The third-order valence-electron chi connectivity index (χ3n) is 4.36. The van der Waals surface area contributed by atoms with Crippen LogP contribution in [0.15, 0.2) is 28.7 Å². The van der Waals surface area contributed by atoms with Gasteiger partial charge in [-0.05, 0) is 44.0 Å². The molecule has 1 N–H and O–H groups in total. The van der Waals surface area contributed by atoms with Gasteiger partial charge in [-0.25, -0.2) is 0 Å². The molecule has 5 atom stereocenters. The summed E-state index contributed by atoms with van der Waals surface area (Å²) in [4.78, 5) is 0. The predicted octanol–water partition coefficient (Wildman–Crippen LogP) is 4.16. The van der Waals surface area contributed by atoms with E-state index in [0.29, 0.717) is 30.1 Å². The zero-order chi connectivity index (χ0) is 14.0. The van der Waals surface area contributed by atoms with Gasteiger partial charge < -0.3 is 10.1 Å². The van der Waals surface area contributed by atoms with E-state index in [-0.39, 0.29) is 0 Å². The van der Waals surface area contributed by atoms with Crippen molar-refractivity contribution in [2.24, 2.45) is 11.8 Å². The van der Waals surface area contributed by atoms with Crippen molar-refractivity contribution >= 4 is 15.9 Å². The largest absolute Gasteiger partial charge is 0.375 e. The molecule has 0 spiro atoms. The summed E-state index contributed by atoms with van der Waals surface area (Å²) < 4.78 is 7.14. The maximum atomic E-state index is 6.01. The molecular weight excluding hydrogens is 302 g/mol. The lowest BCUT2D eigenvalue weighted by molar-refractivity contribution is 0.0475. The molecule has 19 heavy (non-hydrogen) atoms. The molecule has 1 fully saturated rings. The fraction of sp³-hybridized carbons (Fsp3) is 0.625. The topological polar surface area (TPSA) is 21.3 Å². The number of benzene rings is 1. The SMILES string of the molecule is CCNC(c1ccc(Br)cc1)C1C(C)OC(C)C1C. The van der Waals surface area contributed by atoms with E-state index in [1.807, 2.05) is 0 Å². The first-order chi connectivity index (χ1) is 9.04. The molecule has 0 bridgehead atoms. The fourth-order valence-corrected chi connectivity index (χ4v) is 3.50. The minimum Gasteiger partial charge on any atom is -0.375 e. The standard InChI is InChI=1S/C16H24BrNO/c1-5-18-16(13-6-8-14(17)9-7-13)15-10(2)11(3)19-12(15)4/h6-12,15-16,18H,5H2,1-4H3. The van der Waals surface area contributed by atoms with Crippen LogP contribution in [0, 0.1) is 11.8 Å². The lowest BCUT2D eigenvalue weighted by atomic mass is 9.80. The summed E-state index contributed by atoms with van der Waals surface area (Å²) in [5, 5.41) is 3.65. The second-order valence-corrected chi connectivity index (χ2v) is 6.49. The van der Waals surface area contributed by atoms with Gasteiger partial charge in [0.05, 0.1) is 12.2 Å². The highest BCUT2D eigenvalue weighted by Gasteiger charge is 2.41. The zero-order valence-electron chi connectivity index (χ0n) is 12.2. The van der Waals surface area contributed by atoms with Crippen LogP contribution < -0.4 is 5.32 Å². The van der Waals surface area contributed by atoms with Crippen molar-refractivity contribution in [1.29, 1.82) is 0 Å². The van der Waals surface area contributed by atoms with E-state index in [4.69, 9.17) is 4.74 Å². The van der Waals surface area contributed by atoms with Gasteiger partial charge in [0.25, 0.3) is 0 Å². The molecule has 2 nitrogen and oxygen atoms in total. The molecule has 0 aliphatic carbocycles. The second-order valence-electron chi connectivity index (χ2n) is 5.57. The smallest absolute Gasteiger partial charge is 0.0600 e. The highest BCUT2D eigenvalue weighted by molar-refractivity contribution is 9.10. The number of nitrogens with one attached hydrogen (secondary N) is 1. The van der Waals surface area contributed by atoms with Gasteiger partial charge in [0, 0.05) is 16.4 Å². The minimum absolute atomic E-state index is 0.303. The molecule has 1 aliphatic rings. The van der Waals surface area contributed by atoms with Crippen LogP contribution in [0.5, 0.6) is 0 Å². The Bertz CT molecular complexity index is 406. The molecule has 0 aromatic heterocycles. The summed E-state index contributed by atoms with van der Waals surface area (Å²) in [5.74, 6) is 1.10. The van der Waals surface area contributed by atoms with Gasteiger partial charge in [-0.2, -0.15) is 0 Å². The van der Waals surface area contributed by atoms with Crippen LogP contribution in [0.2, 0.25) is 0 Å². The summed E-state index contributed by atoms with van der Waals surface area (Å²) >= 11 is 3.51. The molecule has 0 amide bonds. The van der Waals surface area contributed by atoms with E-state index in [9.17, 15) is 0 Å². The molecule has 1 saturated heterocycles. The summed E-state index contributed by atoms with van der Waals surface area (Å²) in [6, 6.07) is 9.02. The normalized spacial score (nSPS) is 32.5. The minimum atomic E-state index is 0.303. The van der Waals surface area contributed by atoms with Crippen molar-refractivity contribution in [2.45, 2.75) is 45.9 Å². The Morgan fingerprint density at radius 1 is 1.16 bits per heavy atom. The van der Waals surface area contributed by atoms with E-state index in [1.165, 1.54) is 5.56 Å². The molecule has 1 aliphatic heterocycles. The Morgan fingerprint density at radius 3 is 2.26 bits per heavy atom. The maximum absolute atomic E-state index is 6.01. The molecule has 2 rings (SSSR count). The Morgan fingerprint density at radius 2 is 1.79 bits per heavy atom. The van der Waals surface area contributed by atoms with Crippen molar-refractivity contribution in [1.82, 2.24) is 5.32 Å². The van der Waals surface area contributed by atoms with Crippen molar-refractivity contribution in [3.63, 3.8) is 0 Å². The molecule has 0 saturated carbocycles. The predicted molar refractivity (Wildman–Crippen MR) is 83.2 cm³/mol. The van der Waals surface area contributed by atoms with Crippen LogP contribution in [-0.2, 0) is 4.74 Å². The lowest BCUT2D eigenvalue weighted by Crippen LogP contribution is -2.34. The van der Waals surface area contributed by atoms with Crippen molar-refractivity contribution in [3.05, 3.63) is 34.3 Å². The Kier molecular flexibility index (Phi) is 5.04. The summed E-state index contributed by atoms with van der Waals surface area (Å²) in [7, 11) is 0. The molecule has 1 aromatic rings. The van der Waals surface area contributed by atoms with Gasteiger partial charge in [-0.1, -0.05) is 41.9 Å². The number of hydrogen-bond donors (Lipinski definition) is 1. The molecule has 0 radical (unpaired) electrons. The van der Waals surface area contributed by atoms with Gasteiger partial charge in [0.1, 0.15) is 0 Å². The van der Waals surface area contributed by atoms with E-state index in [2.05, 4.69) is 73.2 Å². The van der Waals surface area contributed by atoms with Crippen LogP contribution in [-0.4, -0.2) is 18.8 Å². The van der Waals surface area contributed by atoms with Crippen molar-refractivity contribution in [3.8, 4) is 0 Å². The first-order valence-corrected chi connectivity index (χ1v) is 7.98. The summed E-state index contributed by atoms with van der Waals surface area (Å²) in [5.41, 5.74) is 1.35. The molecule has 5 unspecified atom stereocenters. The third-order valence-corrected chi connectivity index (χ3v) is 4.89. The van der Waals surface area contributed by atoms with E-state index in [0.717, 1.165) is 11.0 Å². The third kappa shape index (κ3) is 3.21. The first-order valence-electron chi connectivity index (χ1n) is 7.19. The number of halogens is 1. The monoisotopic (exact) mass is 325 g/mol. The van der Waals surface area contributed by atoms with Crippen molar-refractivity contribution in [2.75, 3.05) is 6.54 Å². The Hall–Kier alpha value is -0.380. The Balaban J connectivity index is 2.27. The van der Waals surface area contributed by atoms with Gasteiger partial charge in [0.2, 0.25) is 0 Å². The van der Waals surface area contributed by atoms with E-state index >= 15 is 0 Å². The molecule has 1 heterocycles. The van der Waals surface area contributed by atoms with Crippen molar-refractivity contribution < 1.29 is 4.74 Å². The van der Waals surface area contributed by atoms with Crippen LogP contribution in [0.4, 0.5) is 0 Å². The van der Waals surface area contributed by atoms with Crippen LogP contribution in [0.3, 0.4) is 0 Å². The number of ether oxygens (including phenoxy) is 1. The van der Waals surface area contributed by atoms with Gasteiger partial charge in [-0.3, -0.25) is 0 Å². The quantitative estimate of drug-likeness (QED) is 0.897. The summed E-state index contributed by atoms with van der Waals surface area (Å²) in [6.45, 7) is 9.84. The fourth-order valence-electron chi connectivity index (χ4n) is 3.23. The maximum Gasteiger partial charge on any atom is 0.0600 e. The van der Waals surface area contributed by atoms with Gasteiger partial charge in [-0.15, -0.1) is 0 Å². The zero-order valence-corrected chi connectivity index (χ0v) is 13.8.